The summed E-state index contributed by atoms with van der Waals surface area (Å²) in [7, 11) is 0. The van der Waals surface area contributed by atoms with E-state index < -0.39 is 0 Å². The Morgan fingerprint density at radius 1 is 0.812 bits per heavy atom. The molecule has 0 spiro atoms. The van der Waals surface area contributed by atoms with E-state index in [4.69, 9.17) is 13.8 Å². The van der Waals surface area contributed by atoms with Crippen molar-refractivity contribution in [3.05, 3.63) is 84.8 Å². The van der Waals surface area contributed by atoms with Crippen molar-refractivity contribution in [2.75, 3.05) is 0 Å². The summed E-state index contributed by atoms with van der Waals surface area (Å²) < 4.78 is 11.8. The van der Waals surface area contributed by atoms with Crippen molar-refractivity contribution in [3.63, 3.8) is 0 Å². The summed E-state index contributed by atoms with van der Waals surface area (Å²) >= 11 is 0. The van der Waals surface area contributed by atoms with Crippen molar-refractivity contribution >= 4 is 32.8 Å². The van der Waals surface area contributed by atoms with E-state index in [1.807, 2.05) is 36.5 Å². The number of furan rings is 2. The quantitative estimate of drug-likeness (QED) is 0.288. The molecule has 6 rings (SSSR count). The van der Waals surface area contributed by atoms with Crippen LogP contribution >= 0.6 is 0 Å². The lowest BCUT2D eigenvalue weighted by Crippen LogP contribution is -2.12. The topological polar surface area (TPSA) is 52.1 Å². The van der Waals surface area contributed by atoms with Crippen molar-refractivity contribution in [1.29, 1.82) is 0 Å². The fourth-order valence-electron chi connectivity index (χ4n) is 4.35. The molecule has 0 atom stereocenters. The first-order valence-corrected chi connectivity index (χ1v) is 10.7. The van der Waals surface area contributed by atoms with Crippen molar-refractivity contribution in [1.82, 2.24) is 9.97 Å². The molecule has 0 fully saturated rings. The van der Waals surface area contributed by atoms with E-state index in [2.05, 4.69) is 62.2 Å². The molecule has 4 nitrogen and oxygen atoms in total. The standard InChI is InChI=1S/C28H22N2O2/c1-28(2,3)22-15-20(14-18-6-4-5-7-21(18)22)25-26-19(10-12-29-25)16-24(32-26)23-9-8-17-11-13-31-27(17)30-23/h4-16H,1-3H3. The molecule has 0 aliphatic rings. The van der Waals surface area contributed by atoms with E-state index in [1.54, 1.807) is 6.26 Å². The zero-order valence-corrected chi connectivity index (χ0v) is 18.2. The molecule has 4 heterocycles. The highest BCUT2D eigenvalue weighted by molar-refractivity contribution is 5.97. The second-order valence-electron chi connectivity index (χ2n) is 9.19. The number of pyridine rings is 2. The Labute approximate surface area is 185 Å². The third kappa shape index (κ3) is 2.99. The summed E-state index contributed by atoms with van der Waals surface area (Å²) in [5, 5.41) is 4.44. The maximum absolute atomic E-state index is 6.34. The van der Waals surface area contributed by atoms with Gasteiger partial charge < -0.3 is 8.83 Å². The molecule has 4 heteroatoms. The van der Waals surface area contributed by atoms with Crippen molar-refractivity contribution in [2.45, 2.75) is 26.2 Å². The highest BCUT2D eigenvalue weighted by Crippen LogP contribution is 2.38. The van der Waals surface area contributed by atoms with Gasteiger partial charge in [-0.05, 0) is 64.2 Å². The average Bonchev–Trinajstić information content (AvgIpc) is 3.43. The maximum atomic E-state index is 6.34. The Bertz CT molecular complexity index is 1620. The molecule has 156 valence electrons. The highest BCUT2D eigenvalue weighted by Gasteiger charge is 2.20. The summed E-state index contributed by atoms with van der Waals surface area (Å²) in [6, 6.07) is 22.8. The van der Waals surface area contributed by atoms with Gasteiger partial charge in [-0.25, -0.2) is 4.98 Å². The minimum Gasteiger partial charge on any atom is -0.452 e. The predicted octanol–water partition coefficient (Wildman–Crippen LogP) is 7.75. The summed E-state index contributed by atoms with van der Waals surface area (Å²) in [6.07, 6.45) is 3.49. The van der Waals surface area contributed by atoms with Crippen LogP contribution in [0.25, 0.3) is 55.6 Å². The second-order valence-corrected chi connectivity index (χ2v) is 9.19. The number of hydrogen-bond acceptors (Lipinski definition) is 4. The van der Waals surface area contributed by atoms with Gasteiger partial charge in [0.15, 0.2) is 11.3 Å². The van der Waals surface area contributed by atoms with E-state index in [-0.39, 0.29) is 5.41 Å². The molecule has 0 radical (unpaired) electrons. The van der Waals surface area contributed by atoms with Crippen LogP contribution in [0.3, 0.4) is 0 Å². The lowest BCUT2D eigenvalue weighted by atomic mass is 9.82. The summed E-state index contributed by atoms with van der Waals surface area (Å²) in [5.74, 6) is 0.699. The van der Waals surface area contributed by atoms with Gasteiger partial charge in [0.2, 0.25) is 5.71 Å². The molecule has 0 aliphatic heterocycles. The number of nitrogens with zero attached hydrogens (tertiary/aromatic N) is 2. The molecule has 6 aromatic rings. The van der Waals surface area contributed by atoms with Crippen LogP contribution in [0.4, 0.5) is 0 Å². The molecule has 32 heavy (non-hydrogen) atoms. The van der Waals surface area contributed by atoms with Crippen LogP contribution in [-0.4, -0.2) is 9.97 Å². The largest absolute Gasteiger partial charge is 0.452 e. The van der Waals surface area contributed by atoms with Gasteiger partial charge in [0.1, 0.15) is 11.4 Å². The van der Waals surface area contributed by atoms with Gasteiger partial charge in [-0.3, -0.25) is 4.98 Å². The number of fused-ring (bicyclic) bond motifs is 3. The second kappa shape index (κ2) is 6.79. The van der Waals surface area contributed by atoms with E-state index in [0.717, 1.165) is 33.3 Å². The van der Waals surface area contributed by atoms with Gasteiger partial charge in [-0.1, -0.05) is 45.0 Å². The van der Waals surface area contributed by atoms with Gasteiger partial charge in [0.05, 0.1) is 6.26 Å². The molecular formula is C28H22N2O2. The molecular weight excluding hydrogens is 396 g/mol. The summed E-state index contributed by atoms with van der Waals surface area (Å²) in [6.45, 7) is 6.73. The smallest absolute Gasteiger partial charge is 0.226 e. The predicted molar refractivity (Wildman–Crippen MR) is 129 cm³/mol. The molecule has 0 N–H and O–H groups in total. The van der Waals surface area contributed by atoms with Crippen LogP contribution in [-0.2, 0) is 5.41 Å². The van der Waals surface area contributed by atoms with Crippen LogP contribution in [0.5, 0.6) is 0 Å². The van der Waals surface area contributed by atoms with Crippen molar-refractivity contribution < 1.29 is 8.83 Å². The number of rotatable bonds is 2. The molecule has 0 unspecified atom stereocenters. The maximum Gasteiger partial charge on any atom is 0.226 e. The molecule has 0 bridgehead atoms. The van der Waals surface area contributed by atoms with Gasteiger partial charge in [-0.15, -0.1) is 0 Å². The Hall–Kier alpha value is -3.92. The lowest BCUT2D eigenvalue weighted by Gasteiger charge is -2.22. The molecule has 0 amide bonds. The Balaban J connectivity index is 1.56. The lowest BCUT2D eigenvalue weighted by molar-refractivity contribution is 0.596. The summed E-state index contributed by atoms with van der Waals surface area (Å²) in [5.41, 5.74) is 5.29. The number of hydrogen-bond donors (Lipinski definition) is 0. The highest BCUT2D eigenvalue weighted by atomic mass is 16.3. The van der Waals surface area contributed by atoms with Crippen molar-refractivity contribution in [2.24, 2.45) is 0 Å². The molecule has 0 aliphatic carbocycles. The summed E-state index contributed by atoms with van der Waals surface area (Å²) in [4.78, 5) is 9.33. The fraction of sp³-hybridized carbons (Fsp3) is 0.143. The van der Waals surface area contributed by atoms with E-state index in [0.29, 0.717) is 11.5 Å². The fourth-order valence-corrected chi connectivity index (χ4v) is 4.35. The first-order chi connectivity index (χ1) is 15.5. The minimum absolute atomic E-state index is 0.000204. The monoisotopic (exact) mass is 418 g/mol. The van der Waals surface area contributed by atoms with Gasteiger partial charge in [0.25, 0.3) is 0 Å². The molecule has 0 saturated carbocycles. The molecule has 2 aromatic carbocycles. The Morgan fingerprint density at radius 2 is 1.69 bits per heavy atom. The normalized spacial score (nSPS) is 12.2. The van der Waals surface area contributed by atoms with E-state index in [1.165, 1.54) is 16.3 Å². The SMILES string of the molecule is CC(C)(C)c1cc(-c2nccc3cc(-c4ccc5ccoc5n4)oc23)cc2ccccc12. The van der Waals surface area contributed by atoms with Crippen LogP contribution in [0.15, 0.2) is 88.0 Å². The third-order valence-corrected chi connectivity index (χ3v) is 5.95. The van der Waals surface area contributed by atoms with Crippen LogP contribution < -0.4 is 0 Å². The van der Waals surface area contributed by atoms with Crippen LogP contribution in [0.1, 0.15) is 26.3 Å². The van der Waals surface area contributed by atoms with E-state index >= 15 is 0 Å². The average molecular weight is 418 g/mol. The molecule has 0 saturated heterocycles. The first kappa shape index (κ1) is 18.8. The van der Waals surface area contributed by atoms with E-state index in [9.17, 15) is 0 Å². The first-order valence-electron chi connectivity index (χ1n) is 10.7. The van der Waals surface area contributed by atoms with Gasteiger partial charge in [0, 0.05) is 22.5 Å². The van der Waals surface area contributed by atoms with Gasteiger partial charge in [-0.2, -0.15) is 0 Å². The Kier molecular flexibility index (Phi) is 3.99. The third-order valence-electron chi connectivity index (χ3n) is 5.95. The Morgan fingerprint density at radius 3 is 2.56 bits per heavy atom. The number of aromatic nitrogens is 2. The van der Waals surface area contributed by atoms with Crippen LogP contribution in [0, 0.1) is 0 Å². The van der Waals surface area contributed by atoms with Gasteiger partial charge >= 0.3 is 0 Å². The van der Waals surface area contributed by atoms with Crippen molar-refractivity contribution in [3.8, 4) is 22.7 Å². The number of benzene rings is 2. The molecule has 4 aromatic heterocycles. The van der Waals surface area contributed by atoms with Crippen LogP contribution in [0.2, 0.25) is 0 Å². The zero-order valence-electron chi connectivity index (χ0n) is 18.2. The zero-order chi connectivity index (χ0) is 21.9. The minimum atomic E-state index is 0.000204.